The number of likely N-dealkylation sites (tertiary alicyclic amines) is 1. The number of fused-ring (bicyclic) bond motifs is 3. The number of amides is 1. The summed E-state index contributed by atoms with van der Waals surface area (Å²) in [5, 5.41) is 12.9. The lowest BCUT2D eigenvalue weighted by Gasteiger charge is -2.43. The Kier molecular flexibility index (Phi) is 7.20. The lowest BCUT2D eigenvalue weighted by atomic mass is 9.96. The molecule has 11 heteroatoms. The van der Waals surface area contributed by atoms with Gasteiger partial charge >= 0.3 is 6.09 Å². The van der Waals surface area contributed by atoms with E-state index < -0.39 is 11.4 Å². The minimum atomic E-state index is -0.549. The third-order valence-electron chi connectivity index (χ3n) is 9.28. The average molecular weight is 633 g/mol. The van der Waals surface area contributed by atoms with E-state index in [-0.39, 0.29) is 39.8 Å². The van der Waals surface area contributed by atoms with Crippen LogP contribution in [0, 0.1) is 17.7 Å². The van der Waals surface area contributed by atoms with Crippen molar-refractivity contribution in [2.24, 2.45) is 11.8 Å². The molecule has 3 aromatic carbocycles. The largest absolute Gasteiger partial charge is 0.508 e. The van der Waals surface area contributed by atoms with Gasteiger partial charge in [-0.25, -0.2) is 14.2 Å². The lowest BCUT2D eigenvalue weighted by molar-refractivity contribution is 0.0282. The Hall–Kier alpha value is -3.89. The van der Waals surface area contributed by atoms with Crippen molar-refractivity contribution in [1.29, 1.82) is 0 Å². The van der Waals surface area contributed by atoms with E-state index >= 15 is 4.39 Å². The molecule has 45 heavy (non-hydrogen) atoms. The SMILES string of the molecule is CN(C)C1CN(c2nc(N3C[C@H]4CN(C(=O)OC(C)(C)C)C[C@H]4C3)c3cc(Cl)c(-c4cc(O)cc5ccccc45)c(F)c3n2)C1. The van der Waals surface area contributed by atoms with Gasteiger partial charge in [0.1, 0.15) is 22.7 Å². The maximum Gasteiger partial charge on any atom is 0.410 e. The fraction of sp³-hybridized carbons (Fsp3) is 0.441. The number of hydrogen-bond acceptors (Lipinski definition) is 8. The second kappa shape index (κ2) is 10.9. The highest BCUT2D eigenvalue weighted by atomic mass is 35.5. The maximum atomic E-state index is 16.9. The summed E-state index contributed by atoms with van der Waals surface area (Å²) in [7, 11) is 4.09. The molecule has 3 aliphatic heterocycles. The smallest absolute Gasteiger partial charge is 0.410 e. The summed E-state index contributed by atoms with van der Waals surface area (Å²) < 4.78 is 22.5. The minimum Gasteiger partial charge on any atom is -0.508 e. The predicted octanol–water partition coefficient (Wildman–Crippen LogP) is 6.00. The van der Waals surface area contributed by atoms with Crippen molar-refractivity contribution in [3.8, 4) is 16.9 Å². The van der Waals surface area contributed by atoms with Crippen LogP contribution in [0.2, 0.25) is 5.02 Å². The topological polar surface area (TPSA) is 85.3 Å². The third kappa shape index (κ3) is 5.37. The Balaban J connectivity index is 1.29. The monoisotopic (exact) mass is 632 g/mol. The molecule has 236 valence electrons. The maximum absolute atomic E-state index is 16.9. The molecule has 0 saturated carbocycles. The standard InChI is InChI=1S/C34H38ClFN6O3/c1-34(2,3)45-33(44)42-15-20-13-40(14-21(20)16-42)31-26-12-27(35)28(25-11-23(43)10-19-8-6-7-9-24(19)25)29(36)30(26)37-32(38-31)41-17-22(18-41)39(4)5/h6-12,20-22,43H,13-18H2,1-5H3/t20-,21+. The summed E-state index contributed by atoms with van der Waals surface area (Å²) >= 11 is 6.90. The fourth-order valence-electron chi connectivity index (χ4n) is 6.89. The number of likely N-dealkylation sites (N-methyl/N-ethyl adjacent to an activating group) is 1. The Morgan fingerprint density at radius 1 is 0.978 bits per heavy atom. The first kappa shape index (κ1) is 29.8. The molecule has 2 atom stereocenters. The number of halogens is 2. The molecule has 0 bridgehead atoms. The van der Waals surface area contributed by atoms with Crippen molar-refractivity contribution in [1.82, 2.24) is 19.8 Å². The normalized spacial score (nSPS) is 20.4. The molecule has 3 saturated heterocycles. The van der Waals surface area contributed by atoms with E-state index in [2.05, 4.69) is 14.7 Å². The molecule has 0 spiro atoms. The van der Waals surface area contributed by atoms with Gasteiger partial charge in [-0.05, 0) is 69.4 Å². The molecule has 7 rings (SSSR count). The van der Waals surface area contributed by atoms with E-state index in [9.17, 15) is 9.90 Å². The number of carbonyl (C=O) groups excluding carboxylic acids is 1. The number of ether oxygens (including phenoxy) is 1. The van der Waals surface area contributed by atoms with Gasteiger partial charge in [-0.15, -0.1) is 0 Å². The first-order valence-corrected chi connectivity index (χ1v) is 15.8. The number of carbonyl (C=O) groups is 1. The summed E-state index contributed by atoms with van der Waals surface area (Å²) in [5.74, 6) is 1.10. The molecule has 4 aromatic rings. The van der Waals surface area contributed by atoms with Gasteiger partial charge in [-0.2, -0.15) is 4.98 Å². The molecule has 3 aliphatic rings. The minimum absolute atomic E-state index is 0.0302. The van der Waals surface area contributed by atoms with Gasteiger partial charge in [-0.3, -0.25) is 0 Å². The number of nitrogens with zero attached hydrogens (tertiary/aromatic N) is 6. The van der Waals surface area contributed by atoms with Crippen molar-refractivity contribution >= 4 is 51.1 Å². The zero-order valence-electron chi connectivity index (χ0n) is 26.2. The van der Waals surface area contributed by atoms with E-state index in [1.165, 1.54) is 0 Å². The summed E-state index contributed by atoms with van der Waals surface area (Å²) in [6.07, 6.45) is -0.285. The second-order valence-corrected chi connectivity index (χ2v) is 14.2. The number of rotatable bonds is 4. The van der Waals surface area contributed by atoms with Gasteiger partial charge in [0.15, 0.2) is 5.82 Å². The van der Waals surface area contributed by atoms with Crippen LogP contribution in [0.15, 0.2) is 42.5 Å². The molecular weight excluding hydrogens is 595 g/mol. The molecule has 3 fully saturated rings. The molecule has 0 unspecified atom stereocenters. The molecule has 1 aromatic heterocycles. The molecule has 1 amide bonds. The Labute approximate surface area is 267 Å². The van der Waals surface area contributed by atoms with Crippen LogP contribution in [-0.2, 0) is 4.74 Å². The van der Waals surface area contributed by atoms with E-state index in [4.69, 9.17) is 26.3 Å². The van der Waals surface area contributed by atoms with Crippen LogP contribution in [0.5, 0.6) is 5.75 Å². The highest BCUT2D eigenvalue weighted by Crippen LogP contribution is 2.44. The number of aromatic nitrogens is 2. The van der Waals surface area contributed by atoms with Crippen LogP contribution in [0.25, 0.3) is 32.8 Å². The van der Waals surface area contributed by atoms with Gasteiger partial charge in [0.25, 0.3) is 0 Å². The average Bonchev–Trinajstić information content (AvgIpc) is 3.51. The molecule has 4 heterocycles. The number of hydrogen-bond donors (Lipinski definition) is 1. The van der Waals surface area contributed by atoms with Crippen LogP contribution >= 0.6 is 11.6 Å². The van der Waals surface area contributed by atoms with Gasteiger partial charge in [0, 0.05) is 68.1 Å². The number of aromatic hydroxyl groups is 1. The van der Waals surface area contributed by atoms with E-state index in [0.717, 1.165) is 23.9 Å². The molecule has 9 nitrogen and oxygen atoms in total. The molecule has 0 radical (unpaired) electrons. The van der Waals surface area contributed by atoms with Crippen LogP contribution in [0.3, 0.4) is 0 Å². The highest BCUT2D eigenvalue weighted by molar-refractivity contribution is 6.35. The van der Waals surface area contributed by atoms with Crippen molar-refractivity contribution in [3.63, 3.8) is 0 Å². The molecule has 0 aliphatic carbocycles. The van der Waals surface area contributed by atoms with Crippen LogP contribution in [0.4, 0.5) is 21.0 Å². The fourth-order valence-corrected chi connectivity index (χ4v) is 7.18. The van der Waals surface area contributed by atoms with Crippen molar-refractivity contribution in [3.05, 3.63) is 53.3 Å². The number of anilines is 2. The molecular formula is C34H38ClFN6O3. The second-order valence-electron chi connectivity index (χ2n) is 13.8. The Morgan fingerprint density at radius 3 is 2.33 bits per heavy atom. The first-order chi connectivity index (χ1) is 21.4. The van der Waals surface area contributed by atoms with Crippen LogP contribution in [0.1, 0.15) is 20.8 Å². The van der Waals surface area contributed by atoms with Crippen molar-refractivity contribution < 1.29 is 19.0 Å². The van der Waals surface area contributed by atoms with Gasteiger partial charge in [0.2, 0.25) is 5.95 Å². The highest BCUT2D eigenvalue weighted by Gasteiger charge is 2.44. The van der Waals surface area contributed by atoms with E-state index in [0.29, 0.717) is 54.9 Å². The Morgan fingerprint density at radius 2 is 1.67 bits per heavy atom. The summed E-state index contributed by atoms with van der Waals surface area (Å²) in [5.41, 5.74) is 0.355. The number of benzene rings is 3. The van der Waals surface area contributed by atoms with Gasteiger partial charge < -0.3 is 29.4 Å². The summed E-state index contributed by atoms with van der Waals surface area (Å²) in [6, 6.07) is 12.9. The van der Waals surface area contributed by atoms with Crippen molar-refractivity contribution in [2.75, 3.05) is 63.2 Å². The van der Waals surface area contributed by atoms with Crippen molar-refractivity contribution in [2.45, 2.75) is 32.4 Å². The third-order valence-corrected chi connectivity index (χ3v) is 9.58. The lowest BCUT2D eigenvalue weighted by Crippen LogP contribution is -2.58. The first-order valence-electron chi connectivity index (χ1n) is 15.4. The zero-order valence-corrected chi connectivity index (χ0v) is 27.0. The van der Waals surface area contributed by atoms with Gasteiger partial charge in [-0.1, -0.05) is 35.9 Å². The van der Waals surface area contributed by atoms with E-state index in [1.54, 1.807) is 23.1 Å². The Bertz CT molecular complexity index is 1810. The van der Waals surface area contributed by atoms with Gasteiger partial charge in [0.05, 0.1) is 5.02 Å². The van der Waals surface area contributed by atoms with Crippen LogP contribution in [-0.4, -0.2) is 96.0 Å². The van der Waals surface area contributed by atoms with Crippen LogP contribution < -0.4 is 9.80 Å². The quantitative estimate of drug-likeness (QED) is 0.293. The summed E-state index contributed by atoms with van der Waals surface area (Å²) in [6.45, 7) is 9.66. The number of phenols is 1. The summed E-state index contributed by atoms with van der Waals surface area (Å²) in [4.78, 5) is 30.8. The predicted molar refractivity (Wildman–Crippen MR) is 176 cm³/mol. The zero-order chi connectivity index (χ0) is 31.8. The van der Waals surface area contributed by atoms with E-state index in [1.807, 2.05) is 59.1 Å². The number of phenolic OH excluding ortho intramolecular Hbond substituents is 1. The molecule has 1 N–H and O–H groups in total.